The number of rotatable bonds is 9. The van der Waals surface area contributed by atoms with Crippen molar-refractivity contribution in [3.63, 3.8) is 0 Å². The van der Waals surface area contributed by atoms with E-state index < -0.39 is 0 Å². The highest BCUT2D eigenvalue weighted by molar-refractivity contribution is 5.41. The van der Waals surface area contributed by atoms with Crippen molar-refractivity contribution in [1.29, 1.82) is 0 Å². The first-order valence-corrected chi connectivity index (χ1v) is 8.71. The van der Waals surface area contributed by atoms with Crippen LogP contribution in [0.15, 0.2) is 18.2 Å². The van der Waals surface area contributed by atoms with E-state index in [4.69, 9.17) is 4.74 Å². The molecule has 1 aromatic rings. The van der Waals surface area contributed by atoms with E-state index in [0.717, 1.165) is 44.0 Å². The Kier molecular flexibility index (Phi) is 7.54. The van der Waals surface area contributed by atoms with Crippen LogP contribution in [0.2, 0.25) is 0 Å². The molecule has 0 bridgehead atoms. The molecule has 22 heavy (non-hydrogen) atoms. The molecule has 0 saturated carbocycles. The first-order chi connectivity index (χ1) is 10.8. The summed E-state index contributed by atoms with van der Waals surface area (Å²) in [4.78, 5) is 0. The third kappa shape index (κ3) is 5.50. The molecule has 4 nitrogen and oxygen atoms in total. The zero-order valence-corrected chi connectivity index (χ0v) is 13.7. The van der Waals surface area contributed by atoms with Crippen molar-refractivity contribution in [2.45, 2.75) is 51.5 Å². The maximum absolute atomic E-state index is 10.2. The van der Waals surface area contributed by atoms with Crippen LogP contribution in [0.3, 0.4) is 0 Å². The van der Waals surface area contributed by atoms with Gasteiger partial charge in [-0.1, -0.05) is 45.1 Å². The fraction of sp³-hybridized carbons (Fsp3) is 0.667. The number of phenols is 1. The summed E-state index contributed by atoms with van der Waals surface area (Å²) in [5.41, 5.74) is 0.944. The SMILES string of the molecule is CCCCCCCCOc1ccc(C2CNCCN2)c(O)c1. The number of unbranched alkanes of at least 4 members (excludes halogenated alkanes) is 5. The highest BCUT2D eigenvalue weighted by atomic mass is 16.5. The summed E-state index contributed by atoms with van der Waals surface area (Å²) in [6.45, 7) is 5.73. The second-order valence-electron chi connectivity index (χ2n) is 6.05. The molecule has 1 aliphatic heterocycles. The Morgan fingerprint density at radius 3 is 2.68 bits per heavy atom. The zero-order chi connectivity index (χ0) is 15.6. The molecule has 1 fully saturated rings. The van der Waals surface area contributed by atoms with Gasteiger partial charge in [0.25, 0.3) is 0 Å². The van der Waals surface area contributed by atoms with Crippen LogP contribution in [-0.2, 0) is 0 Å². The molecule has 1 aromatic carbocycles. The molecule has 1 aliphatic rings. The zero-order valence-electron chi connectivity index (χ0n) is 13.7. The standard InChI is InChI=1S/C18H30N2O2/c1-2-3-4-5-6-7-12-22-15-8-9-16(18(21)13-15)17-14-19-10-11-20-17/h8-9,13,17,19-21H,2-7,10-12,14H2,1H3. The smallest absolute Gasteiger partial charge is 0.124 e. The van der Waals surface area contributed by atoms with Crippen LogP contribution in [0.25, 0.3) is 0 Å². The lowest BCUT2D eigenvalue weighted by Crippen LogP contribution is -2.42. The topological polar surface area (TPSA) is 53.5 Å². The minimum atomic E-state index is 0.182. The van der Waals surface area contributed by atoms with Crippen LogP contribution in [0, 0.1) is 0 Å². The molecule has 0 radical (unpaired) electrons. The Labute approximate surface area is 134 Å². The van der Waals surface area contributed by atoms with Gasteiger partial charge < -0.3 is 20.5 Å². The van der Waals surface area contributed by atoms with Gasteiger partial charge in [-0.2, -0.15) is 0 Å². The monoisotopic (exact) mass is 306 g/mol. The van der Waals surface area contributed by atoms with Crippen LogP contribution in [0.1, 0.15) is 57.1 Å². The lowest BCUT2D eigenvalue weighted by Gasteiger charge is -2.25. The van der Waals surface area contributed by atoms with Gasteiger partial charge in [-0.15, -0.1) is 0 Å². The fourth-order valence-electron chi connectivity index (χ4n) is 2.85. The van der Waals surface area contributed by atoms with E-state index in [1.807, 2.05) is 12.1 Å². The summed E-state index contributed by atoms with van der Waals surface area (Å²) >= 11 is 0. The third-order valence-corrected chi connectivity index (χ3v) is 4.18. The maximum atomic E-state index is 10.2. The minimum absolute atomic E-state index is 0.182. The van der Waals surface area contributed by atoms with Crippen molar-refractivity contribution in [2.75, 3.05) is 26.2 Å². The maximum Gasteiger partial charge on any atom is 0.124 e. The molecule has 1 saturated heterocycles. The lowest BCUT2D eigenvalue weighted by atomic mass is 10.0. The molecule has 0 spiro atoms. The molecule has 1 unspecified atom stereocenters. The van der Waals surface area contributed by atoms with Crippen molar-refractivity contribution in [1.82, 2.24) is 10.6 Å². The van der Waals surface area contributed by atoms with Crippen molar-refractivity contribution in [3.8, 4) is 11.5 Å². The van der Waals surface area contributed by atoms with Gasteiger partial charge in [-0.05, 0) is 12.5 Å². The predicted octanol–water partition coefficient (Wildman–Crippen LogP) is 3.37. The average molecular weight is 306 g/mol. The Balaban J connectivity index is 1.72. The average Bonchev–Trinajstić information content (AvgIpc) is 2.55. The van der Waals surface area contributed by atoms with Crippen molar-refractivity contribution in [3.05, 3.63) is 23.8 Å². The van der Waals surface area contributed by atoms with Crippen LogP contribution >= 0.6 is 0 Å². The largest absolute Gasteiger partial charge is 0.507 e. The molecule has 3 N–H and O–H groups in total. The van der Waals surface area contributed by atoms with E-state index in [1.54, 1.807) is 6.07 Å². The predicted molar refractivity (Wildman–Crippen MR) is 90.6 cm³/mol. The van der Waals surface area contributed by atoms with Gasteiger partial charge in [0.05, 0.1) is 6.61 Å². The number of aromatic hydroxyl groups is 1. The van der Waals surface area contributed by atoms with Crippen LogP contribution < -0.4 is 15.4 Å². The number of phenolic OH excluding ortho intramolecular Hbond substituents is 1. The molecule has 0 amide bonds. The molecular weight excluding hydrogens is 276 g/mol. The van der Waals surface area contributed by atoms with E-state index in [0.29, 0.717) is 5.75 Å². The normalized spacial score (nSPS) is 18.3. The molecule has 1 heterocycles. The van der Waals surface area contributed by atoms with Crippen LogP contribution in [-0.4, -0.2) is 31.3 Å². The summed E-state index contributed by atoms with van der Waals surface area (Å²) in [6.07, 6.45) is 7.55. The van der Waals surface area contributed by atoms with Gasteiger partial charge in [0.1, 0.15) is 11.5 Å². The van der Waals surface area contributed by atoms with E-state index in [-0.39, 0.29) is 6.04 Å². The molecule has 1 atom stereocenters. The molecule has 0 aromatic heterocycles. The number of hydrogen-bond donors (Lipinski definition) is 3. The number of nitrogens with one attached hydrogen (secondary N) is 2. The number of hydrogen-bond acceptors (Lipinski definition) is 4. The van der Waals surface area contributed by atoms with E-state index >= 15 is 0 Å². The summed E-state index contributed by atoms with van der Waals surface area (Å²) in [5.74, 6) is 1.08. The van der Waals surface area contributed by atoms with Gasteiger partial charge >= 0.3 is 0 Å². The highest BCUT2D eigenvalue weighted by Gasteiger charge is 2.17. The summed E-state index contributed by atoms with van der Waals surface area (Å²) < 4.78 is 5.74. The first-order valence-electron chi connectivity index (χ1n) is 8.71. The molecular formula is C18H30N2O2. The van der Waals surface area contributed by atoms with Gasteiger partial charge in [0.15, 0.2) is 0 Å². The summed E-state index contributed by atoms with van der Waals surface area (Å²) in [7, 11) is 0. The Morgan fingerprint density at radius 2 is 1.95 bits per heavy atom. The van der Waals surface area contributed by atoms with Gasteiger partial charge in [0, 0.05) is 37.3 Å². The summed E-state index contributed by atoms with van der Waals surface area (Å²) in [6, 6.07) is 5.85. The van der Waals surface area contributed by atoms with Crippen LogP contribution in [0.4, 0.5) is 0 Å². The Morgan fingerprint density at radius 1 is 1.14 bits per heavy atom. The molecule has 2 rings (SSSR count). The lowest BCUT2D eigenvalue weighted by molar-refractivity contribution is 0.302. The van der Waals surface area contributed by atoms with Crippen molar-refractivity contribution in [2.24, 2.45) is 0 Å². The quantitative estimate of drug-likeness (QED) is 0.612. The molecule has 4 heteroatoms. The van der Waals surface area contributed by atoms with E-state index in [1.165, 1.54) is 32.1 Å². The van der Waals surface area contributed by atoms with Gasteiger partial charge in [0.2, 0.25) is 0 Å². The Bertz CT molecular complexity index is 431. The number of benzene rings is 1. The van der Waals surface area contributed by atoms with E-state index in [2.05, 4.69) is 17.6 Å². The molecule has 0 aliphatic carbocycles. The fourth-order valence-corrected chi connectivity index (χ4v) is 2.85. The third-order valence-electron chi connectivity index (χ3n) is 4.18. The van der Waals surface area contributed by atoms with E-state index in [9.17, 15) is 5.11 Å². The number of ether oxygens (including phenoxy) is 1. The molecule has 124 valence electrons. The first kappa shape index (κ1) is 17.1. The highest BCUT2D eigenvalue weighted by Crippen LogP contribution is 2.29. The Hall–Kier alpha value is -1.26. The second-order valence-corrected chi connectivity index (χ2v) is 6.05. The van der Waals surface area contributed by atoms with Crippen molar-refractivity contribution < 1.29 is 9.84 Å². The van der Waals surface area contributed by atoms with Gasteiger partial charge in [-0.3, -0.25) is 0 Å². The van der Waals surface area contributed by atoms with Gasteiger partial charge in [-0.25, -0.2) is 0 Å². The number of piperazine rings is 1. The second kappa shape index (κ2) is 9.70. The summed E-state index contributed by atoms with van der Waals surface area (Å²) in [5, 5.41) is 16.9. The minimum Gasteiger partial charge on any atom is -0.507 e. The van der Waals surface area contributed by atoms with Crippen molar-refractivity contribution >= 4 is 0 Å². The van der Waals surface area contributed by atoms with Crippen LogP contribution in [0.5, 0.6) is 11.5 Å².